The molecule has 2 aromatic carbocycles. The molecule has 0 aliphatic carbocycles. The van der Waals surface area contributed by atoms with E-state index >= 15 is 0 Å². The molecule has 3 aromatic rings. The summed E-state index contributed by atoms with van der Waals surface area (Å²) in [6, 6.07) is 12.6. The van der Waals surface area contributed by atoms with Crippen molar-refractivity contribution < 1.29 is 18.8 Å². The van der Waals surface area contributed by atoms with Gasteiger partial charge < -0.3 is 25.3 Å². The molecule has 3 heterocycles. The fraction of sp³-hybridized carbons (Fsp3) is 0.438. The molecule has 2 aliphatic heterocycles. The Morgan fingerprint density at radius 3 is 2.19 bits per heavy atom. The fourth-order valence-corrected chi connectivity index (χ4v) is 5.42. The Balaban J connectivity index is 1.36. The van der Waals surface area contributed by atoms with Crippen molar-refractivity contribution in [3.63, 3.8) is 0 Å². The van der Waals surface area contributed by atoms with Crippen LogP contribution in [0.2, 0.25) is 0 Å². The van der Waals surface area contributed by atoms with Gasteiger partial charge in [0.25, 0.3) is 17.7 Å². The second kappa shape index (κ2) is 12.5. The van der Waals surface area contributed by atoms with Crippen LogP contribution in [-0.4, -0.2) is 89.7 Å². The molecular weight excluding hydrogens is 549 g/mol. The van der Waals surface area contributed by atoms with Gasteiger partial charge in [0.1, 0.15) is 11.5 Å². The highest BCUT2D eigenvalue weighted by molar-refractivity contribution is 6.07. The van der Waals surface area contributed by atoms with E-state index in [2.05, 4.69) is 41.4 Å². The predicted octanol–water partition coefficient (Wildman–Crippen LogP) is 3.51. The van der Waals surface area contributed by atoms with Gasteiger partial charge in [-0.25, -0.2) is 4.39 Å². The molecule has 1 aromatic heterocycles. The molecule has 2 N–H and O–H groups in total. The van der Waals surface area contributed by atoms with Crippen molar-refractivity contribution in [2.75, 3.05) is 62.6 Å². The molecule has 43 heavy (non-hydrogen) atoms. The average Bonchev–Trinajstić information content (AvgIpc) is 3.20. The monoisotopic (exact) mass is 589 g/mol. The lowest BCUT2D eigenvalue weighted by atomic mass is 9.92. The van der Waals surface area contributed by atoms with E-state index in [0.29, 0.717) is 61.8 Å². The van der Waals surface area contributed by atoms with Crippen molar-refractivity contribution in [1.29, 1.82) is 0 Å². The smallest absolute Gasteiger partial charge is 0.272 e. The maximum atomic E-state index is 13.5. The van der Waals surface area contributed by atoms with E-state index in [4.69, 9.17) is 0 Å². The molecule has 5 rings (SSSR count). The number of anilines is 2. The van der Waals surface area contributed by atoms with E-state index < -0.39 is 11.7 Å². The summed E-state index contributed by atoms with van der Waals surface area (Å²) < 4.78 is 15.1. The van der Waals surface area contributed by atoms with Crippen LogP contribution < -0.4 is 15.5 Å². The molecule has 2 fully saturated rings. The lowest BCUT2D eigenvalue weighted by molar-refractivity contribution is 0.0733. The lowest BCUT2D eigenvalue weighted by Crippen LogP contribution is -2.49. The van der Waals surface area contributed by atoms with Crippen LogP contribution >= 0.6 is 0 Å². The quantitative estimate of drug-likeness (QED) is 0.473. The number of hydrogen-bond donors (Lipinski definition) is 2. The summed E-state index contributed by atoms with van der Waals surface area (Å²) in [5, 5.41) is 10.8. The van der Waals surface area contributed by atoms with E-state index in [1.165, 1.54) is 24.3 Å². The van der Waals surface area contributed by atoms with Crippen molar-refractivity contribution in [2.45, 2.75) is 32.6 Å². The first kappa shape index (κ1) is 30.2. The van der Waals surface area contributed by atoms with Gasteiger partial charge in [0.15, 0.2) is 0 Å². The first-order chi connectivity index (χ1) is 20.5. The van der Waals surface area contributed by atoms with Gasteiger partial charge in [-0.3, -0.25) is 19.1 Å². The molecule has 228 valence electrons. The number of nitrogens with zero attached hydrogens (tertiary/aromatic N) is 5. The third-order valence-corrected chi connectivity index (χ3v) is 8.00. The molecule has 0 atom stereocenters. The third kappa shape index (κ3) is 6.88. The van der Waals surface area contributed by atoms with Gasteiger partial charge in [-0.2, -0.15) is 5.10 Å². The van der Waals surface area contributed by atoms with E-state index in [1.807, 2.05) is 21.9 Å². The number of halogens is 1. The highest BCUT2D eigenvalue weighted by Crippen LogP contribution is 2.30. The first-order valence-corrected chi connectivity index (χ1v) is 14.8. The topological polar surface area (TPSA) is 103 Å². The standard InChI is InChI=1S/C32H40FN7O3/c1-32(2,3)28-21-27(37(4)36-28)31(43)40-18-16-38(17-19-40)26-11-8-23(30(42)39-14-5-12-34-13-15-39)20-25(26)35-29(41)22-6-9-24(33)10-7-22/h6-11,20-21,34H,5,12-19H2,1-4H3,(H,35,41). The zero-order valence-electron chi connectivity index (χ0n) is 25.3. The Hall–Kier alpha value is -4.25. The van der Waals surface area contributed by atoms with Gasteiger partial charge >= 0.3 is 0 Å². The third-order valence-electron chi connectivity index (χ3n) is 8.00. The zero-order valence-corrected chi connectivity index (χ0v) is 25.3. The molecule has 2 saturated heterocycles. The van der Waals surface area contributed by atoms with Gasteiger partial charge in [-0.15, -0.1) is 0 Å². The molecule has 10 nitrogen and oxygen atoms in total. The summed E-state index contributed by atoms with van der Waals surface area (Å²) in [7, 11) is 1.79. The Labute approximate surface area is 251 Å². The van der Waals surface area contributed by atoms with Crippen molar-refractivity contribution in [3.8, 4) is 0 Å². The van der Waals surface area contributed by atoms with Gasteiger partial charge in [0.2, 0.25) is 0 Å². The van der Waals surface area contributed by atoms with E-state index in [9.17, 15) is 18.8 Å². The summed E-state index contributed by atoms with van der Waals surface area (Å²) in [5.41, 5.74) is 3.30. The number of benzene rings is 2. The number of nitrogens with one attached hydrogen (secondary N) is 2. The van der Waals surface area contributed by atoms with Crippen molar-refractivity contribution in [1.82, 2.24) is 24.9 Å². The molecule has 2 aliphatic rings. The summed E-state index contributed by atoms with van der Waals surface area (Å²) in [5.74, 6) is -0.980. The minimum atomic E-state index is -0.426. The van der Waals surface area contributed by atoms with Crippen LogP contribution in [0.4, 0.5) is 15.8 Å². The molecule has 0 spiro atoms. The van der Waals surface area contributed by atoms with Crippen LogP contribution in [0.5, 0.6) is 0 Å². The molecular formula is C32H40FN7O3. The maximum Gasteiger partial charge on any atom is 0.272 e. The maximum absolute atomic E-state index is 13.5. The minimum Gasteiger partial charge on any atom is -0.366 e. The molecule has 0 radical (unpaired) electrons. The van der Waals surface area contributed by atoms with E-state index in [0.717, 1.165) is 30.9 Å². The minimum absolute atomic E-state index is 0.0668. The van der Waals surface area contributed by atoms with Gasteiger partial charge in [-0.05, 0) is 61.5 Å². The Kier molecular flexibility index (Phi) is 8.82. The number of amides is 3. The Bertz CT molecular complexity index is 1480. The predicted molar refractivity (Wildman–Crippen MR) is 164 cm³/mol. The average molecular weight is 590 g/mol. The number of carbonyl (C=O) groups excluding carboxylic acids is 3. The van der Waals surface area contributed by atoms with Crippen molar-refractivity contribution in [2.24, 2.45) is 7.05 Å². The Morgan fingerprint density at radius 1 is 0.837 bits per heavy atom. The molecule has 0 bridgehead atoms. The summed E-state index contributed by atoms with van der Waals surface area (Å²) in [6.07, 6.45) is 0.872. The van der Waals surface area contributed by atoms with Gasteiger partial charge in [0.05, 0.1) is 17.1 Å². The summed E-state index contributed by atoms with van der Waals surface area (Å²) in [6.45, 7) is 11.1. The number of rotatable bonds is 5. The van der Waals surface area contributed by atoms with Crippen molar-refractivity contribution >= 4 is 29.1 Å². The van der Waals surface area contributed by atoms with Gasteiger partial charge in [0, 0.05) is 69.4 Å². The number of hydrogen-bond acceptors (Lipinski definition) is 6. The number of piperazine rings is 1. The van der Waals surface area contributed by atoms with Crippen LogP contribution in [0.15, 0.2) is 48.5 Å². The number of aryl methyl sites for hydroxylation is 1. The Morgan fingerprint density at radius 2 is 1.51 bits per heavy atom. The zero-order chi connectivity index (χ0) is 30.7. The van der Waals surface area contributed by atoms with Gasteiger partial charge in [-0.1, -0.05) is 20.8 Å². The molecule has 11 heteroatoms. The fourth-order valence-electron chi connectivity index (χ4n) is 5.42. The first-order valence-electron chi connectivity index (χ1n) is 14.8. The van der Waals surface area contributed by atoms with E-state index in [1.54, 1.807) is 23.9 Å². The van der Waals surface area contributed by atoms with Crippen LogP contribution in [0, 0.1) is 5.82 Å². The lowest BCUT2D eigenvalue weighted by Gasteiger charge is -2.37. The SMILES string of the molecule is Cn1nc(C(C)(C)C)cc1C(=O)N1CCN(c2ccc(C(=O)N3CCCNCC3)cc2NC(=O)c2ccc(F)cc2)CC1. The molecule has 3 amide bonds. The normalized spacial score (nSPS) is 16.2. The highest BCUT2D eigenvalue weighted by Gasteiger charge is 2.29. The van der Waals surface area contributed by atoms with Crippen LogP contribution in [0.1, 0.15) is 64.1 Å². The van der Waals surface area contributed by atoms with Crippen LogP contribution in [0.25, 0.3) is 0 Å². The highest BCUT2D eigenvalue weighted by atomic mass is 19.1. The largest absolute Gasteiger partial charge is 0.366 e. The van der Waals surface area contributed by atoms with E-state index in [-0.39, 0.29) is 17.2 Å². The second-order valence-corrected chi connectivity index (χ2v) is 12.2. The van der Waals surface area contributed by atoms with Crippen molar-refractivity contribution in [3.05, 3.63) is 76.9 Å². The number of carbonyl (C=O) groups is 3. The summed E-state index contributed by atoms with van der Waals surface area (Å²) in [4.78, 5) is 45.7. The number of aromatic nitrogens is 2. The van der Waals surface area contributed by atoms with Crippen LogP contribution in [0.3, 0.4) is 0 Å². The summed E-state index contributed by atoms with van der Waals surface area (Å²) >= 11 is 0. The molecule has 0 saturated carbocycles. The second-order valence-electron chi connectivity index (χ2n) is 12.2. The van der Waals surface area contributed by atoms with Crippen LogP contribution in [-0.2, 0) is 12.5 Å². The molecule has 0 unspecified atom stereocenters.